The zero-order valence-electron chi connectivity index (χ0n) is 16.3. The van der Waals surface area contributed by atoms with Gasteiger partial charge in [-0.3, -0.25) is 14.2 Å². The quantitative estimate of drug-likeness (QED) is 0.559. The lowest BCUT2D eigenvalue weighted by Crippen LogP contribution is -2.25. The molecular weight excluding hydrogens is 390 g/mol. The molecule has 7 heteroatoms. The highest BCUT2D eigenvalue weighted by Crippen LogP contribution is 2.30. The number of hydrogen-bond acceptors (Lipinski definition) is 4. The van der Waals surface area contributed by atoms with Crippen LogP contribution in [0.25, 0.3) is 5.69 Å². The van der Waals surface area contributed by atoms with Gasteiger partial charge in [-0.15, -0.1) is 0 Å². The Morgan fingerprint density at radius 2 is 2.10 bits per heavy atom. The second-order valence-electron chi connectivity index (χ2n) is 7.45. The van der Waals surface area contributed by atoms with E-state index in [2.05, 4.69) is 16.8 Å². The van der Waals surface area contributed by atoms with E-state index < -0.39 is 0 Å². The lowest BCUT2D eigenvalue weighted by Gasteiger charge is -2.19. The Labute approximate surface area is 174 Å². The molecule has 2 aromatic rings. The Bertz CT molecular complexity index is 1010. The van der Waals surface area contributed by atoms with Crippen LogP contribution in [-0.4, -0.2) is 40.0 Å². The number of aromatic nitrogens is 2. The van der Waals surface area contributed by atoms with Crippen LogP contribution in [0.3, 0.4) is 0 Å². The molecule has 2 aliphatic rings. The summed E-state index contributed by atoms with van der Waals surface area (Å²) in [5, 5.41) is 0.406. The maximum Gasteiger partial charge on any atom is 0.309 e. The van der Waals surface area contributed by atoms with E-state index in [4.69, 9.17) is 16.3 Å². The number of rotatable bonds is 2. The van der Waals surface area contributed by atoms with Crippen molar-refractivity contribution in [3.63, 3.8) is 0 Å². The van der Waals surface area contributed by atoms with Crippen molar-refractivity contribution in [1.29, 1.82) is 0 Å². The fraction of sp³-hybridized carbons (Fsp3) is 0.409. The van der Waals surface area contributed by atoms with E-state index in [9.17, 15) is 9.59 Å². The van der Waals surface area contributed by atoms with Gasteiger partial charge in [0.15, 0.2) is 6.61 Å². The molecule has 1 aromatic carbocycles. The molecule has 1 fully saturated rings. The van der Waals surface area contributed by atoms with Gasteiger partial charge in [0.05, 0.1) is 34.4 Å². The van der Waals surface area contributed by atoms with Gasteiger partial charge in [0.2, 0.25) is 0 Å². The Morgan fingerprint density at radius 3 is 2.90 bits per heavy atom. The van der Waals surface area contributed by atoms with Crippen LogP contribution in [0.2, 0.25) is 5.02 Å². The lowest BCUT2D eigenvalue weighted by atomic mass is 9.89. The third-order valence-corrected chi connectivity index (χ3v) is 5.81. The summed E-state index contributed by atoms with van der Waals surface area (Å²) in [7, 11) is 1.72. The lowest BCUT2D eigenvalue weighted by molar-refractivity contribution is -0.148. The fourth-order valence-corrected chi connectivity index (χ4v) is 4.18. The number of esters is 1. The second kappa shape index (κ2) is 8.30. The van der Waals surface area contributed by atoms with Gasteiger partial charge in [0.25, 0.3) is 5.91 Å². The van der Waals surface area contributed by atoms with Crippen LogP contribution in [0.15, 0.2) is 24.5 Å². The first kappa shape index (κ1) is 19.5. The number of carbonyl (C=O) groups excluding carboxylic acids is 2. The van der Waals surface area contributed by atoms with E-state index in [1.165, 1.54) is 6.42 Å². The first-order chi connectivity index (χ1) is 14.1. The van der Waals surface area contributed by atoms with E-state index in [-0.39, 0.29) is 24.4 Å². The van der Waals surface area contributed by atoms with Gasteiger partial charge in [-0.05, 0) is 30.9 Å². The summed E-state index contributed by atoms with van der Waals surface area (Å²) in [5.41, 5.74) is 2.50. The number of benzene rings is 1. The third-order valence-electron chi connectivity index (χ3n) is 5.50. The zero-order chi connectivity index (χ0) is 20.4. The van der Waals surface area contributed by atoms with Gasteiger partial charge in [-0.25, -0.2) is 4.98 Å². The average molecular weight is 412 g/mol. The molecule has 1 saturated carbocycles. The highest BCUT2D eigenvalue weighted by molar-refractivity contribution is 6.34. The molecule has 29 heavy (non-hydrogen) atoms. The summed E-state index contributed by atoms with van der Waals surface area (Å²) in [6, 6.07) is 5.35. The normalized spacial score (nSPS) is 16.3. The van der Waals surface area contributed by atoms with E-state index in [0.29, 0.717) is 28.5 Å². The summed E-state index contributed by atoms with van der Waals surface area (Å²) in [6.45, 7) is 0.397. The molecule has 0 unspecified atom stereocenters. The molecule has 1 aliphatic carbocycles. The predicted octanol–water partition coefficient (Wildman–Crippen LogP) is 3.59. The molecule has 2 heterocycles. The van der Waals surface area contributed by atoms with Crippen LogP contribution in [0.5, 0.6) is 0 Å². The van der Waals surface area contributed by atoms with Crippen LogP contribution in [0.4, 0.5) is 0 Å². The standard InChI is InChI=1S/C22H22ClN3O3/c1-25-13-19-17(10-6-12-29-22(28)15-7-3-2-4-8-15)24-14-26(19)18-11-5-9-16(23)20(18)21(25)27/h5,9,11,14-15H,2-4,7-8,12-13H2,1H3. The van der Waals surface area contributed by atoms with Crippen molar-refractivity contribution in [1.82, 2.24) is 14.5 Å². The summed E-state index contributed by atoms with van der Waals surface area (Å²) in [4.78, 5) is 30.9. The van der Waals surface area contributed by atoms with Crippen LogP contribution >= 0.6 is 11.6 Å². The number of halogens is 1. The first-order valence-electron chi connectivity index (χ1n) is 9.82. The first-order valence-corrected chi connectivity index (χ1v) is 10.2. The molecule has 1 aromatic heterocycles. The summed E-state index contributed by atoms with van der Waals surface area (Å²) in [5.74, 6) is 5.59. The summed E-state index contributed by atoms with van der Waals surface area (Å²) < 4.78 is 7.18. The molecule has 0 spiro atoms. The van der Waals surface area contributed by atoms with Crippen LogP contribution in [0.1, 0.15) is 53.8 Å². The smallest absolute Gasteiger partial charge is 0.309 e. The van der Waals surface area contributed by atoms with Crippen molar-refractivity contribution in [2.75, 3.05) is 13.7 Å². The zero-order valence-corrected chi connectivity index (χ0v) is 17.0. The highest BCUT2D eigenvalue weighted by Gasteiger charge is 2.27. The number of imidazole rings is 1. The van der Waals surface area contributed by atoms with Crippen LogP contribution in [-0.2, 0) is 16.1 Å². The second-order valence-corrected chi connectivity index (χ2v) is 7.86. The minimum absolute atomic E-state index is 0.00957. The molecule has 0 radical (unpaired) electrons. The van der Waals surface area contributed by atoms with Gasteiger partial charge in [0.1, 0.15) is 12.0 Å². The molecule has 0 atom stereocenters. The maximum atomic E-state index is 12.7. The molecule has 0 bridgehead atoms. The van der Waals surface area contributed by atoms with Gasteiger partial charge in [-0.1, -0.05) is 42.9 Å². The molecule has 6 nitrogen and oxygen atoms in total. The van der Waals surface area contributed by atoms with Crippen molar-refractivity contribution in [2.45, 2.75) is 38.6 Å². The molecule has 1 amide bonds. The Hall–Kier alpha value is -2.78. The Kier molecular flexibility index (Phi) is 5.59. The highest BCUT2D eigenvalue weighted by atomic mass is 35.5. The minimum Gasteiger partial charge on any atom is -0.452 e. The van der Waals surface area contributed by atoms with Crippen molar-refractivity contribution in [3.8, 4) is 17.5 Å². The van der Waals surface area contributed by atoms with Gasteiger partial charge in [0, 0.05) is 7.05 Å². The number of ether oxygens (including phenoxy) is 1. The maximum absolute atomic E-state index is 12.7. The van der Waals surface area contributed by atoms with E-state index in [1.54, 1.807) is 30.4 Å². The number of nitrogens with zero attached hydrogens (tertiary/aromatic N) is 3. The molecule has 150 valence electrons. The van der Waals surface area contributed by atoms with Crippen molar-refractivity contribution in [2.24, 2.45) is 5.92 Å². The number of carbonyl (C=O) groups is 2. The fourth-order valence-electron chi connectivity index (χ4n) is 3.93. The number of amides is 1. The molecule has 0 N–H and O–H groups in total. The number of hydrogen-bond donors (Lipinski definition) is 0. The van der Waals surface area contributed by atoms with Crippen molar-refractivity contribution in [3.05, 3.63) is 46.5 Å². The molecule has 0 saturated heterocycles. The van der Waals surface area contributed by atoms with Gasteiger partial charge < -0.3 is 9.64 Å². The predicted molar refractivity (Wildman–Crippen MR) is 109 cm³/mol. The Balaban J connectivity index is 1.53. The Morgan fingerprint density at radius 1 is 1.31 bits per heavy atom. The van der Waals surface area contributed by atoms with Gasteiger partial charge >= 0.3 is 5.97 Å². The molecular formula is C22H22ClN3O3. The van der Waals surface area contributed by atoms with E-state index in [0.717, 1.165) is 31.4 Å². The van der Waals surface area contributed by atoms with Crippen LogP contribution < -0.4 is 0 Å². The molecule has 1 aliphatic heterocycles. The number of fused-ring (bicyclic) bond motifs is 3. The monoisotopic (exact) mass is 411 g/mol. The van der Waals surface area contributed by atoms with E-state index >= 15 is 0 Å². The van der Waals surface area contributed by atoms with Crippen LogP contribution in [0, 0.1) is 17.8 Å². The SMILES string of the molecule is CN1Cc2c(C#CCOC(=O)C3CCCCC3)ncn2-c2cccc(Cl)c2C1=O. The molecule has 4 rings (SSSR count). The average Bonchev–Trinajstić information content (AvgIpc) is 3.08. The summed E-state index contributed by atoms with van der Waals surface area (Å²) in [6.07, 6.45) is 6.83. The summed E-state index contributed by atoms with van der Waals surface area (Å²) >= 11 is 6.29. The van der Waals surface area contributed by atoms with E-state index in [1.807, 2.05) is 10.6 Å². The largest absolute Gasteiger partial charge is 0.452 e. The van der Waals surface area contributed by atoms with Crippen molar-refractivity contribution >= 4 is 23.5 Å². The van der Waals surface area contributed by atoms with Crippen molar-refractivity contribution < 1.29 is 14.3 Å². The van der Waals surface area contributed by atoms with Gasteiger partial charge in [-0.2, -0.15) is 0 Å². The third kappa shape index (κ3) is 3.88. The minimum atomic E-state index is -0.156. The topological polar surface area (TPSA) is 64.4 Å².